The summed E-state index contributed by atoms with van der Waals surface area (Å²) in [4.78, 5) is 10.8. The summed E-state index contributed by atoms with van der Waals surface area (Å²) in [5.41, 5.74) is 1.65. The zero-order valence-corrected chi connectivity index (χ0v) is 12.4. The average Bonchev–Trinajstić information content (AvgIpc) is 2.73. The molecule has 0 atom stereocenters. The van der Waals surface area contributed by atoms with Crippen molar-refractivity contribution in [3.05, 3.63) is 50.8 Å². The molecule has 0 spiro atoms. The number of aromatic carboxylic acids is 1. The third-order valence-corrected chi connectivity index (χ3v) is 3.87. The Morgan fingerprint density at radius 3 is 2.79 bits per heavy atom. The van der Waals surface area contributed by atoms with Gasteiger partial charge in [-0.2, -0.15) is 0 Å². The highest BCUT2D eigenvalue weighted by Crippen LogP contribution is 2.26. The van der Waals surface area contributed by atoms with E-state index in [0.717, 1.165) is 15.7 Å². The van der Waals surface area contributed by atoms with Gasteiger partial charge in [0.15, 0.2) is 0 Å². The van der Waals surface area contributed by atoms with Crippen LogP contribution in [0.25, 0.3) is 0 Å². The second-order valence-corrected chi connectivity index (χ2v) is 5.24. The van der Waals surface area contributed by atoms with Crippen molar-refractivity contribution in [2.75, 3.05) is 5.32 Å². The Labute approximate surface area is 123 Å². The van der Waals surface area contributed by atoms with Crippen LogP contribution in [-0.2, 0) is 6.54 Å². The van der Waals surface area contributed by atoms with Gasteiger partial charge in [0.05, 0.1) is 5.02 Å². The molecule has 2 N–H and O–H groups in total. The summed E-state index contributed by atoms with van der Waals surface area (Å²) >= 11 is 9.31. The van der Waals surface area contributed by atoms with Gasteiger partial charge in [-0.25, -0.2) is 4.79 Å². The van der Waals surface area contributed by atoms with Crippen molar-refractivity contribution in [1.29, 1.82) is 0 Å². The molecule has 0 aliphatic heterocycles. The van der Waals surface area contributed by atoms with Crippen LogP contribution in [0.3, 0.4) is 0 Å². The minimum Gasteiger partial charge on any atom is -0.475 e. The lowest BCUT2D eigenvalue weighted by Crippen LogP contribution is -1.99. The van der Waals surface area contributed by atoms with Crippen LogP contribution in [0.2, 0.25) is 5.02 Å². The molecule has 0 aliphatic carbocycles. The van der Waals surface area contributed by atoms with Crippen LogP contribution in [0.5, 0.6) is 0 Å². The lowest BCUT2D eigenvalue weighted by Gasteiger charge is -2.06. The van der Waals surface area contributed by atoms with E-state index >= 15 is 0 Å². The Hall–Kier alpha value is -1.46. The fourth-order valence-electron chi connectivity index (χ4n) is 1.60. The molecule has 1 heterocycles. The summed E-state index contributed by atoms with van der Waals surface area (Å²) in [6, 6.07) is 7.03. The lowest BCUT2D eigenvalue weighted by molar-refractivity contribution is 0.0661. The van der Waals surface area contributed by atoms with Gasteiger partial charge in [0.2, 0.25) is 5.76 Å². The molecule has 0 aliphatic rings. The lowest BCUT2D eigenvalue weighted by atomic mass is 10.2. The summed E-state index contributed by atoms with van der Waals surface area (Å²) in [6.07, 6.45) is 0. The number of carboxylic acids is 1. The Kier molecular flexibility index (Phi) is 4.17. The Morgan fingerprint density at radius 1 is 1.47 bits per heavy atom. The maximum absolute atomic E-state index is 10.8. The second-order valence-electron chi connectivity index (χ2n) is 3.98. The molecular formula is C13H11BrClNO3. The molecule has 2 aromatic rings. The van der Waals surface area contributed by atoms with Crippen molar-refractivity contribution in [3.8, 4) is 0 Å². The van der Waals surface area contributed by atoms with Gasteiger partial charge in [0.1, 0.15) is 5.76 Å². The van der Waals surface area contributed by atoms with Gasteiger partial charge in [-0.3, -0.25) is 0 Å². The SMILES string of the molecule is Cc1oc(C(=O)O)cc1CNc1ccc(Br)c(Cl)c1. The summed E-state index contributed by atoms with van der Waals surface area (Å²) in [7, 11) is 0. The van der Waals surface area contributed by atoms with Crippen molar-refractivity contribution < 1.29 is 14.3 Å². The van der Waals surface area contributed by atoms with E-state index in [1.54, 1.807) is 13.0 Å². The molecular weight excluding hydrogens is 334 g/mol. The van der Waals surface area contributed by atoms with E-state index in [9.17, 15) is 4.79 Å². The molecule has 0 saturated heterocycles. The molecule has 1 aromatic carbocycles. The Morgan fingerprint density at radius 2 is 2.21 bits per heavy atom. The van der Waals surface area contributed by atoms with Crippen LogP contribution < -0.4 is 5.32 Å². The number of rotatable bonds is 4. The number of hydrogen-bond acceptors (Lipinski definition) is 3. The standard InChI is InChI=1S/C13H11BrClNO3/c1-7-8(4-12(19-7)13(17)18)6-16-9-2-3-10(14)11(15)5-9/h2-5,16H,6H2,1H3,(H,17,18). The van der Waals surface area contributed by atoms with Gasteiger partial charge < -0.3 is 14.8 Å². The van der Waals surface area contributed by atoms with Crippen LogP contribution in [-0.4, -0.2) is 11.1 Å². The van der Waals surface area contributed by atoms with Gasteiger partial charge in [-0.15, -0.1) is 0 Å². The van der Waals surface area contributed by atoms with E-state index in [1.165, 1.54) is 6.07 Å². The van der Waals surface area contributed by atoms with Crippen molar-refractivity contribution in [2.24, 2.45) is 0 Å². The fourth-order valence-corrected chi connectivity index (χ4v) is 2.03. The normalized spacial score (nSPS) is 10.5. The highest BCUT2D eigenvalue weighted by atomic mass is 79.9. The molecule has 0 saturated carbocycles. The van der Waals surface area contributed by atoms with E-state index in [4.69, 9.17) is 21.1 Å². The molecule has 0 bridgehead atoms. The Bertz CT molecular complexity index is 624. The quantitative estimate of drug-likeness (QED) is 0.867. The summed E-state index contributed by atoms with van der Waals surface area (Å²) in [6.45, 7) is 2.21. The number of hydrogen-bond donors (Lipinski definition) is 2. The predicted octanol–water partition coefficient (Wildman–Crippen LogP) is 4.31. The van der Waals surface area contributed by atoms with Gasteiger partial charge in [0.25, 0.3) is 0 Å². The van der Waals surface area contributed by atoms with E-state index < -0.39 is 5.97 Å². The highest BCUT2D eigenvalue weighted by Gasteiger charge is 2.12. The van der Waals surface area contributed by atoms with E-state index in [-0.39, 0.29) is 5.76 Å². The van der Waals surface area contributed by atoms with Crippen LogP contribution in [0.4, 0.5) is 5.69 Å². The van der Waals surface area contributed by atoms with Gasteiger partial charge in [-0.05, 0) is 47.1 Å². The van der Waals surface area contributed by atoms with Crippen molar-refractivity contribution in [2.45, 2.75) is 13.5 Å². The maximum Gasteiger partial charge on any atom is 0.371 e. The molecule has 19 heavy (non-hydrogen) atoms. The molecule has 4 nitrogen and oxygen atoms in total. The molecule has 0 fully saturated rings. The van der Waals surface area contributed by atoms with Crippen LogP contribution >= 0.6 is 27.5 Å². The minimum absolute atomic E-state index is 0.0526. The molecule has 1 aromatic heterocycles. The highest BCUT2D eigenvalue weighted by molar-refractivity contribution is 9.10. The zero-order valence-electron chi connectivity index (χ0n) is 10.0. The summed E-state index contributed by atoms with van der Waals surface area (Å²) in [5, 5.41) is 12.6. The number of carboxylic acid groups (broad SMARTS) is 1. The summed E-state index contributed by atoms with van der Waals surface area (Å²) < 4.78 is 5.96. The first-order valence-corrected chi connectivity index (χ1v) is 6.66. The number of benzene rings is 1. The summed E-state index contributed by atoms with van der Waals surface area (Å²) in [5.74, 6) is -0.530. The molecule has 2 rings (SSSR count). The molecule has 0 unspecified atom stereocenters. The van der Waals surface area contributed by atoms with Gasteiger partial charge in [-0.1, -0.05) is 11.6 Å². The molecule has 0 radical (unpaired) electrons. The third kappa shape index (κ3) is 3.30. The largest absolute Gasteiger partial charge is 0.475 e. The number of halogens is 2. The number of carbonyl (C=O) groups is 1. The van der Waals surface area contributed by atoms with E-state index in [0.29, 0.717) is 17.3 Å². The maximum atomic E-state index is 10.8. The van der Waals surface area contributed by atoms with E-state index in [1.807, 2.05) is 12.1 Å². The van der Waals surface area contributed by atoms with Crippen molar-refractivity contribution in [3.63, 3.8) is 0 Å². The molecule has 6 heteroatoms. The monoisotopic (exact) mass is 343 g/mol. The van der Waals surface area contributed by atoms with Crippen molar-refractivity contribution >= 4 is 39.2 Å². The number of nitrogens with one attached hydrogen (secondary N) is 1. The van der Waals surface area contributed by atoms with Crippen LogP contribution in [0.15, 0.2) is 33.2 Å². The van der Waals surface area contributed by atoms with Crippen LogP contribution in [0, 0.1) is 6.92 Å². The van der Waals surface area contributed by atoms with E-state index in [2.05, 4.69) is 21.2 Å². The second kappa shape index (κ2) is 5.67. The van der Waals surface area contributed by atoms with Crippen molar-refractivity contribution in [1.82, 2.24) is 0 Å². The van der Waals surface area contributed by atoms with Gasteiger partial charge in [0, 0.05) is 22.3 Å². The Balaban J connectivity index is 2.09. The predicted molar refractivity (Wildman–Crippen MR) is 76.9 cm³/mol. The molecule has 100 valence electrons. The first kappa shape index (κ1) is 14.0. The smallest absolute Gasteiger partial charge is 0.371 e. The zero-order chi connectivity index (χ0) is 14.0. The topological polar surface area (TPSA) is 62.5 Å². The average molecular weight is 345 g/mol. The fraction of sp³-hybridized carbons (Fsp3) is 0.154. The number of anilines is 1. The van der Waals surface area contributed by atoms with Crippen LogP contribution in [0.1, 0.15) is 21.9 Å². The molecule has 0 amide bonds. The number of furan rings is 1. The number of aryl methyl sites for hydroxylation is 1. The third-order valence-electron chi connectivity index (χ3n) is 2.63. The minimum atomic E-state index is -1.07. The first-order chi connectivity index (χ1) is 8.97. The van der Waals surface area contributed by atoms with Gasteiger partial charge >= 0.3 is 5.97 Å². The first-order valence-electron chi connectivity index (χ1n) is 5.49.